The molecular formula is C68H96N8O17. The monoisotopic (exact) mass is 1300 g/mol. The van der Waals surface area contributed by atoms with Gasteiger partial charge in [-0.1, -0.05) is 69.3 Å². The lowest BCUT2D eigenvalue weighted by Crippen LogP contribution is -2.68. The molecule has 9 saturated heterocycles. The van der Waals surface area contributed by atoms with Crippen molar-refractivity contribution in [2.75, 3.05) is 80.7 Å². The van der Waals surface area contributed by atoms with Crippen LogP contribution in [0.4, 0.5) is 4.79 Å². The molecule has 13 rings (SSSR count). The molecule has 2 aromatic rings. The van der Waals surface area contributed by atoms with E-state index in [9.17, 15) is 63.3 Å². The van der Waals surface area contributed by atoms with Crippen LogP contribution in [0.25, 0.3) is 11.1 Å². The first-order valence-electron chi connectivity index (χ1n) is 33.5. The molecule has 2 aliphatic carbocycles. The number of fused-ring (bicyclic) bond motifs is 7. The first-order valence-corrected chi connectivity index (χ1v) is 33.5. The van der Waals surface area contributed by atoms with E-state index in [4.69, 9.17) is 19.7 Å². The number of carboxylic acid groups (broad SMARTS) is 3. The summed E-state index contributed by atoms with van der Waals surface area (Å²) in [4.78, 5) is 134. The number of carboxylic acids is 3. The lowest BCUT2D eigenvalue weighted by Gasteiger charge is -2.46. The van der Waals surface area contributed by atoms with Gasteiger partial charge in [0.25, 0.3) is 0 Å². The van der Waals surface area contributed by atoms with Crippen LogP contribution < -0.4 is 5.32 Å². The predicted octanol–water partition coefficient (Wildman–Crippen LogP) is 4.18. The largest absolute Gasteiger partial charge is 0.481 e. The Hall–Kier alpha value is -7.06. The number of likely N-dealkylation sites (tertiary alicyclic amines) is 3. The van der Waals surface area contributed by atoms with Crippen molar-refractivity contribution in [2.24, 2.45) is 11.8 Å². The first-order chi connectivity index (χ1) is 44.3. The molecule has 9 aliphatic heterocycles. The van der Waals surface area contributed by atoms with Crippen LogP contribution in [0.3, 0.4) is 0 Å². The van der Waals surface area contributed by atoms with Crippen LogP contribution in [0.5, 0.6) is 0 Å². The highest BCUT2D eigenvalue weighted by Gasteiger charge is 2.62. The van der Waals surface area contributed by atoms with E-state index in [1.165, 1.54) is 16.9 Å². The smallest absolute Gasteiger partial charge is 0.407 e. The molecule has 11 aliphatic rings. The number of Topliss-reactive ketones (excluding diaryl/α,β-unsaturated/α-hetero) is 1. The third-order valence-corrected chi connectivity index (χ3v) is 22.5. The third kappa shape index (κ3) is 13.3. The summed E-state index contributed by atoms with van der Waals surface area (Å²) in [5.41, 5.74) is 1.59. The normalized spacial score (nSPS) is 32.5. The second-order valence-electron chi connectivity index (χ2n) is 27.2. The zero-order chi connectivity index (χ0) is 67.5. The van der Waals surface area contributed by atoms with Crippen LogP contribution in [0.15, 0.2) is 48.5 Å². The number of aliphatic hydroxyl groups is 2. The molecule has 5 amide bonds. The van der Waals surface area contributed by atoms with E-state index in [2.05, 4.69) is 22.3 Å². The number of rotatable bonds is 13. The van der Waals surface area contributed by atoms with Crippen LogP contribution in [-0.2, 0) is 52.6 Å². The molecule has 6 N–H and O–H groups in total. The number of ketones is 1. The minimum atomic E-state index is -1.31. The Morgan fingerprint density at radius 2 is 1.13 bits per heavy atom. The summed E-state index contributed by atoms with van der Waals surface area (Å²) in [5.74, 6) is -4.13. The van der Waals surface area contributed by atoms with E-state index in [0.717, 1.165) is 99.7 Å². The number of amides is 5. The molecule has 0 aromatic heterocycles. The number of alkyl carbamates (subject to hydrolysis) is 1. The zero-order valence-corrected chi connectivity index (χ0v) is 55.0. The number of ether oxygens (including phenoxy) is 2. The maximum absolute atomic E-state index is 13.4. The summed E-state index contributed by atoms with van der Waals surface area (Å²) in [6.07, 6.45) is 9.57. The second-order valence-corrected chi connectivity index (χ2v) is 27.2. The van der Waals surface area contributed by atoms with Gasteiger partial charge in [0.2, 0.25) is 23.6 Å². The number of aliphatic carboxylic acids is 3. The zero-order valence-electron chi connectivity index (χ0n) is 55.0. The molecule has 1 saturated carbocycles. The molecule has 10 fully saturated rings. The van der Waals surface area contributed by atoms with Crippen LogP contribution in [0.2, 0.25) is 0 Å². The van der Waals surface area contributed by atoms with E-state index in [0.29, 0.717) is 64.6 Å². The molecular weight excluding hydrogens is 1200 g/mol. The quantitative estimate of drug-likeness (QED) is 0.153. The summed E-state index contributed by atoms with van der Waals surface area (Å²) in [5, 5.41) is 49.3. The van der Waals surface area contributed by atoms with Gasteiger partial charge in [0, 0.05) is 44.4 Å². The number of benzene rings is 2. The summed E-state index contributed by atoms with van der Waals surface area (Å²) < 4.78 is 10.4. The predicted molar refractivity (Wildman–Crippen MR) is 338 cm³/mol. The molecule has 510 valence electrons. The fourth-order valence-electron chi connectivity index (χ4n) is 17.4. The molecule has 93 heavy (non-hydrogen) atoms. The number of nitrogens with one attached hydrogen (secondary N) is 1. The highest BCUT2D eigenvalue weighted by Crippen LogP contribution is 2.47. The van der Waals surface area contributed by atoms with E-state index < -0.39 is 94.7 Å². The SMILES string of the molecule is CCC1(C(=O)O)CCCN1C.CC[C@]1(C(=O)C2C[C@H](O)C[C@H]2C(=O)OC)CCCN1C.CC[C@]12CCCN1C(=O)[C@@H]1C[C@@H](O)CN1C2=O.CN1CCC[C@H]1C(=O)O.O=C(O)C[C@]12CCCN1C(=O)[C@@H]1C[C@@H](NC(=O)OCC3c4ccccc4-c4ccccc43)CN1C2=O. The molecule has 2 unspecified atom stereocenters. The van der Waals surface area contributed by atoms with Crippen molar-refractivity contribution in [1.29, 1.82) is 0 Å². The van der Waals surface area contributed by atoms with Crippen LogP contribution in [0.1, 0.15) is 153 Å². The number of aliphatic hydroxyl groups excluding tert-OH is 2. The number of carbonyl (C=O) groups excluding carboxylic acids is 7. The molecule has 25 nitrogen and oxygen atoms in total. The van der Waals surface area contributed by atoms with Crippen molar-refractivity contribution in [3.63, 3.8) is 0 Å². The minimum Gasteiger partial charge on any atom is -0.481 e. The van der Waals surface area contributed by atoms with Gasteiger partial charge in [-0.15, -0.1) is 0 Å². The van der Waals surface area contributed by atoms with Gasteiger partial charge in [-0.3, -0.25) is 57.9 Å². The number of piperazine rings is 2. The van der Waals surface area contributed by atoms with Crippen molar-refractivity contribution in [2.45, 2.75) is 201 Å². The van der Waals surface area contributed by atoms with E-state index in [1.807, 2.05) is 88.1 Å². The molecule has 9 heterocycles. The lowest BCUT2D eigenvalue weighted by atomic mass is 9.77. The summed E-state index contributed by atoms with van der Waals surface area (Å²) in [7, 11) is 7.06. The Bertz CT molecular complexity index is 3120. The fraction of sp³-hybridized carbons (Fsp3) is 0.676. The highest BCUT2D eigenvalue weighted by molar-refractivity contribution is 6.03. The van der Waals surface area contributed by atoms with Gasteiger partial charge in [-0.2, -0.15) is 0 Å². The third-order valence-electron chi connectivity index (χ3n) is 22.5. The van der Waals surface area contributed by atoms with Gasteiger partial charge in [-0.25, -0.2) is 4.79 Å². The van der Waals surface area contributed by atoms with E-state index in [-0.39, 0.29) is 66.9 Å². The Morgan fingerprint density at radius 3 is 1.62 bits per heavy atom. The van der Waals surface area contributed by atoms with E-state index >= 15 is 0 Å². The fourth-order valence-corrected chi connectivity index (χ4v) is 17.4. The van der Waals surface area contributed by atoms with E-state index in [1.54, 1.807) is 9.80 Å². The Balaban J connectivity index is 0.000000151. The topological polar surface area (TPSA) is 325 Å². The molecule has 2 aromatic carbocycles. The maximum atomic E-state index is 13.4. The van der Waals surface area contributed by atoms with Gasteiger partial charge in [-0.05, 0) is 166 Å². The van der Waals surface area contributed by atoms with Crippen LogP contribution in [-0.4, -0.2) is 258 Å². The highest BCUT2D eigenvalue weighted by atomic mass is 16.5. The minimum absolute atomic E-state index is 0.0421. The van der Waals surface area contributed by atoms with Crippen molar-refractivity contribution >= 4 is 59.4 Å². The number of carbonyl (C=O) groups is 10. The van der Waals surface area contributed by atoms with Crippen molar-refractivity contribution < 1.29 is 83.0 Å². The standard InChI is InChI=1S/C27H27N3O6.C15H25NO4.C12H18N2O3.C8H15NO2.C6H11NO2/c31-23(32)13-27-10-5-11-30(27)24(33)22-12-16(14-29(22)25(27)34)28-26(35)36-15-21-19-8-3-1-6-17(19)18-7-2-4-9-20(18)21;1-4-15(6-5-7-16(15)2)13(18)11-8-10(17)9-12(11)14(19)20-3;1-2-12-4-3-5-14(12)10(16)9-6-8(15)7-13(9)11(12)17;1-3-8(7(10)11)5-4-6-9(8)2;1-7-4-2-3-5(7)6(8)9/h1-4,6-9,16,21-22H,5,10-15H2,(H,28,35)(H,31,32);10-12,17H,4-9H2,1-3H3;8-9,15H,2-7H2,1H3;3-6H2,1-2H3,(H,10,11);5H,2-4H2,1H3,(H,8,9)/t16-,22+,27+;10-,11?,12+,15+;8-,9+,12-;;5-/m101.0/s1. The lowest BCUT2D eigenvalue weighted by molar-refractivity contribution is -0.168. The number of esters is 1. The summed E-state index contributed by atoms with van der Waals surface area (Å²) in [6, 6.07) is 14.4. The molecule has 0 spiro atoms. The number of hydrogen-bond donors (Lipinski definition) is 6. The molecule has 25 heteroatoms. The van der Waals surface area contributed by atoms with Crippen molar-refractivity contribution in [1.82, 2.24) is 39.6 Å². The Labute approximate surface area is 544 Å². The maximum Gasteiger partial charge on any atom is 0.407 e. The molecule has 0 radical (unpaired) electrons. The van der Waals surface area contributed by atoms with Gasteiger partial charge < -0.3 is 59.9 Å². The summed E-state index contributed by atoms with van der Waals surface area (Å²) >= 11 is 0. The Morgan fingerprint density at radius 1 is 0.602 bits per heavy atom. The van der Waals surface area contributed by atoms with Gasteiger partial charge in [0.05, 0.1) is 43.2 Å². The molecule has 12 atom stereocenters. The summed E-state index contributed by atoms with van der Waals surface area (Å²) in [6.45, 7) is 10.4. The first kappa shape index (κ1) is 70.3. The van der Waals surface area contributed by atoms with Gasteiger partial charge in [0.15, 0.2) is 5.78 Å². The van der Waals surface area contributed by atoms with Gasteiger partial charge >= 0.3 is 30.0 Å². The Kier molecular flexibility index (Phi) is 21.8. The average molecular weight is 1300 g/mol. The number of hydrogen-bond acceptors (Lipinski definition) is 17. The van der Waals surface area contributed by atoms with Crippen molar-refractivity contribution in [3.05, 3.63) is 59.7 Å². The second kappa shape index (κ2) is 28.9. The molecule has 0 bridgehead atoms. The van der Waals surface area contributed by atoms with Crippen LogP contribution >= 0.6 is 0 Å². The average Bonchev–Trinajstić information content (AvgIpc) is 1.64. The number of likely N-dealkylation sites (N-methyl/N-ethyl adjacent to an activating group) is 3. The van der Waals surface area contributed by atoms with Crippen LogP contribution in [0, 0.1) is 11.8 Å². The van der Waals surface area contributed by atoms with Crippen molar-refractivity contribution in [3.8, 4) is 11.1 Å². The number of nitrogens with zero attached hydrogens (tertiary/aromatic N) is 7. The van der Waals surface area contributed by atoms with Gasteiger partial charge in [0.1, 0.15) is 41.3 Å². The number of methoxy groups -OCH3 is 1.